The van der Waals surface area contributed by atoms with Gasteiger partial charge in [-0.25, -0.2) is 14.4 Å². The van der Waals surface area contributed by atoms with E-state index >= 15 is 0 Å². The Hall–Kier alpha value is -3.71. The first kappa shape index (κ1) is 25.4. The molecule has 36 heavy (non-hydrogen) atoms. The van der Waals surface area contributed by atoms with Crippen molar-refractivity contribution in [3.05, 3.63) is 59.5 Å². The number of alkyl halides is 1. The van der Waals surface area contributed by atoms with Crippen molar-refractivity contribution in [2.75, 3.05) is 18.4 Å². The molecule has 0 spiro atoms. The molecular formula is C26H30FN7O2. The quantitative estimate of drug-likeness (QED) is 0.603. The molecule has 1 amide bonds. The number of pyridine rings is 1. The number of nitriles is 1. The number of amides is 1. The van der Waals surface area contributed by atoms with E-state index in [-0.39, 0.29) is 18.4 Å². The van der Waals surface area contributed by atoms with Crippen LogP contribution in [0.3, 0.4) is 0 Å². The van der Waals surface area contributed by atoms with Crippen molar-refractivity contribution in [3.8, 4) is 6.07 Å². The highest BCUT2D eigenvalue weighted by Crippen LogP contribution is 2.35. The van der Waals surface area contributed by atoms with Gasteiger partial charge in [-0.15, -0.1) is 0 Å². The maximum Gasteiger partial charge on any atom is 0.251 e. The van der Waals surface area contributed by atoms with Crippen LogP contribution in [-0.2, 0) is 11.2 Å². The molecule has 0 saturated carbocycles. The molecule has 4 atom stereocenters. The first-order chi connectivity index (χ1) is 17.4. The van der Waals surface area contributed by atoms with Gasteiger partial charge in [-0.2, -0.15) is 10.2 Å². The van der Waals surface area contributed by atoms with Crippen LogP contribution in [-0.4, -0.2) is 61.2 Å². The summed E-state index contributed by atoms with van der Waals surface area (Å²) in [6.45, 7) is 3.79. The number of allylic oxidation sites excluding steroid dienone is 4. The van der Waals surface area contributed by atoms with Crippen LogP contribution in [0.25, 0.3) is 0 Å². The fourth-order valence-electron chi connectivity index (χ4n) is 4.59. The van der Waals surface area contributed by atoms with E-state index in [4.69, 9.17) is 0 Å². The van der Waals surface area contributed by atoms with Gasteiger partial charge in [0.15, 0.2) is 0 Å². The van der Waals surface area contributed by atoms with Gasteiger partial charge < -0.3 is 15.3 Å². The Kier molecular flexibility index (Phi) is 8.00. The highest BCUT2D eigenvalue weighted by Gasteiger charge is 2.34. The SMILES string of the molecule is CCc1cc(Nc2ncnc(C3C=CC(C[C@H]4CCN(C(=O)[C@H](C)O)C[C@H]4F)=C(C#N)C3)n2)ccn1. The fraction of sp³-hybridized carbons (Fsp3) is 0.462. The normalized spacial score (nSPS) is 22.8. The van der Waals surface area contributed by atoms with Crippen molar-refractivity contribution in [1.82, 2.24) is 24.8 Å². The van der Waals surface area contributed by atoms with E-state index < -0.39 is 18.2 Å². The molecular weight excluding hydrogens is 461 g/mol. The Labute approximate surface area is 209 Å². The van der Waals surface area contributed by atoms with E-state index in [0.29, 0.717) is 43.2 Å². The zero-order valence-corrected chi connectivity index (χ0v) is 20.4. The number of hydrogen-bond acceptors (Lipinski definition) is 8. The molecule has 10 heteroatoms. The molecule has 1 fully saturated rings. The zero-order chi connectivity index (χ0) is 25.7. The van der Waals surface area contributed by atoms with Crippen molar-refractivity contribution >= 4 is 17.5 Å². The van der Waals surface area contributed by atoms with E-state index in [0.717, 1.165) is 23.4 Å². The first-order valence-corrected chi connectivity index (χ1v) is 12.2. The number of nitrogens with zero attached hydrogens (tertiary/aromatic N) is 6. The molecule has 2 aliphatic rings. The summed E-state index contributed by atoms with van der Waals surface area (Å²) < 4.78 is 14.9. The Morgan fingerprint density at radius 3 is 2.94 bits per heavy atom. The largest absolute Gasteiger partial charge is 0.384 e. The van der Waals surface area contributed by atoms with Crippen LogP contribution < -0.4 is 5.32 Å². The summed E-state index contributed by atoms with van der Waals surface area (Å²) in [5.74, 6) is 0.0305. The second kappa shape index (κ2) is 11.4. The third-order valence-corrected chi connectivity index (χ3v) is 6.66. The number of rotatable bonds is 7. The molecule has 2 aromatic rings. The summed E-state index contributed by atoms with van der Waals surface area (Å²) >= 11 is 0. The molecule has 9 nitrogen and oxygen atoms in total. The molecule has 2 N–H and O–H groups in total. The van der Waals surface area contributed by atoms with E-state index in [1.54, 1.807) is 6.20 Å². The minimum atomic E-state index is -1.21. The minimum absolute atomic E-state index is 0.0340. The van der Waals surface area contributed by atoms with Crippen LogP contribution in [0.1, 0.15) is 50.5 Å². The zero-order valence-electron chi connectivity index (χ0n) is 20.4. The lowest BCUT2D eigenvalue weighted by Crippen LogP contribution is -2.48. The Morgan fingerprint density at radius 1 is 1.39 bits per heavy atom. The number of anilines is 2. The number of nitrogens with one attached hydrogen (secondary N) is 1. The van der Waals surface area contributed by atoms with Gasteiger partial charge in [0.2, 0.25) is 5.95 Å². The number of aliphatic hydroxyl groups is 1. The maximum atomic E-state index is 14.9. The fourth-order valence-corrected chi connectivity index (χ4v) is 4.59. The van der Waals surface area contributed by atoms with E-state index in [1.165, 1.54) is 18.2 Å². The van der Waals surface area contributed by atoms with Crippen molar-refractivity contribution in [2.24, 2.45) is 5.92 Å². The van der Waals surface area contributed by atoms with Gasteiger partial charge in [-0.3, -0.25) is 9.78 Å². The number of likely N-dealkylation sites (tertiary alicyclic amines) is 1. The number of aromatic nitrogens is 4. The summed E-state index contributed by atoms with van der Waals surface area (Å²) in [5.41, 5.74) is 3.19. The number of halogens is 1. The predicted octanol–water partition coefficient (Wildman–Crippen LogP) is 3.39. The molecule has 2 aromatic heterocycles. The number of carbonyl (C=O) groups is 1. The van der Waals surface area contributed by atoms with Crippen LogP contribution in [0.5, 0.6) is 0 Å². The van der Waals surface area contributed by atoms with Gasteiger partial charge in [-0.1, -0.05) is 19.1 Å². The van der Waals surface area contributed by atoms with Crippen LogP contribution in [0.2, 0.25) is 0 Å². The highest BCUT2D eigenvalue weighted by atomic mass is 19.1. The van der Waals surface area contributed by atoms with Crippen molar-refractivity contribution in [1.29, 1.82) is 5.26 Å². The monoisotopic (exact) mass is 491 g/mol. The third kappa shape index (κ3) is 5.91. The van der Waals surface area contributed by atoms with Crippen LogP contribution in [0.4, 0.5) is 16.0 Å². The molecule has 1 aliphatic heterocycles. The summed E-state index contributed by atoms with van der Waals surface area (Å²) in [6.07, 6.45) is 6.82. The number of hydrogen-bond donors (Lipinski definition) is 2. The van der Waals surface area contributed by atoms with Crippen molar-refractivity contribution in [3.63, 3.8) is 0 Å². The maximum absolute atomic E-state index is 14.9. The van der Waals surface area contributed by atoms with Gasteiger partial charge >= 0.3 is 0 Å². The predicted molar refractivity (Wildman–Crippen MR) is 132 cm³/mol. The molecule has 0 bridgehead atoms. The molecule has 4 rings (SSSR count). The van der Waals surface area contributed by atoms with E-state index in [1.807, 2.05) is 31.2 Å². The number of aryl methyl sites for hydroxylation is 1. The van der Waals surface area contributed by atoms with Crippen molar-refractivity contribution < 1.29 is 14.3 Å². The number of aliphatic hydroxyl groups excluding tert-OH is 1. The number of carbonyl (C=O) groups excluding carboxylic acids is 1. The molecule has 0 aromatic carbocycles. The van der Waals surface area contributed by atoms with E-state index in [2.05, 4.69) is 31.3 Å². The number of piperidine rings is 1. The molecule has 1 unspecified atom stereocenters. The average molecular weight is 492 g/mol. The molecule has 3 heterocycles. The lowest BCUT2D eigenvalue weighted by atomic mass is 9.82. The average Bonchev–Trinajstić information content (AvgIpc) is 2.89. The van der Waals surface area contributed by atoms with Crippen LogP contribution in [0, 0.1) is 17.2 Å². The van der Waals surface area contributed by atoms with Gasteiger partial charge in [0.05, 0.1) is 12.6 Å². The Morgan fingerprint density at radius 2 is 2.22 bits per heavy atom. The first-order valence-electron chi connectivity index (χ1n) is 12.2. The van der Waals surface area contributed by atoms with E-state index in [9.17, 15) is 19.6 Å². The standard InChI is InChI=1S/C26H30FN7O2/c1-3-21-12-22(6-8-29-21)32-26-31-15-30-24(33-26)19-5-4-17(20(11-19)13-28)10-18-7-9-34(14-23(18)27)25(36)16(2)35/h4-6,8,12,15-16,18-19,23,35H,3,7,9-11,14H2,1-2H3,(H,29,30,31,32,33)/t16-,18+,19?,23+/m0/s1. The Bertz CT molecular complexity index is 1210. The highest BCUT2D eigenvalue weighted by molar-refractivity contribution is 5.80. The second-order valence-corrected chi connectivity index (χ2v) is 9.20. The lowest BCUT2D eigenvalue weighted by molar-refractivity contribution is -0.142. The van der Waals surface area contributed by atoms with Gasteiger partial charge in [-0.05, 0) is 56.2 Å². The smallest absolute Gasteiger partial charge is 0.251 e. The summed E-state index contributed by atoms with van der Waals surface area (Å²) in [4.78, 5) is 30.7. The van der Waals surface area contributed by atoms with Crippen molar-refractivity contribution in [2.45, 2.75) is 57.7 Å². The third-order valence-electron chi connectivity index (χ3n) is 6.66. The molecule has 1 aliphatic carbocycles. The summed E-state index contributed by atoms with van der Waals surface area (Å²) in [7, 11) is 0. The summed E-state index contributed by atoms with van der Waals surface area (Å²) in [5, 5.41) is 22.5. The molecule has 1 saturated heterocycles. The Balaban J connectivity index is 1.42. The van der Waals surface area contributed by atoms with Gasteiger partial charge in [0, 0.05) is 35.6 Å². The molecule has 188 valence electrons. The second-order valence-electron chi connectivity index (χ2n) is 9.20. The van der Waals surface area contributed by atoms with Crippen LogP contribution in [0.15, 0.2) is 48.0 Å². The van der Waals surface area contributed by atoms with Gasteiger partial charge in [0.25, 0.3) is 5.91 Å². The van der Waals surface area contributed by atoms with Crippen LogP contribution >= 0.6 is 0 Å². The topological polar surface area (TPSA) is 128 Å². The lowest BCUT2D eigenvalue weighted by Gasteiger charge is -2.36. The minimum Gasteiger partial charge on any atom is -0.384 e. The van der Waals surface area contributed by atoms with Gasteiger partial charge in [0.1, 0.15) is 24.4 Å². The molecule has 0 radical (unpaired) electrons. The summed E-state index contributed by atoms with van der Waals surface area (Å²) in [6, 6.07) is 6.06.